The summed E-state index contributed by atoms with van der Waals surface area (Å²) < 4.78 is 2.13. The van der Waals surface area contributed by atoms with Gasteiger partial charge in [-0.2, -0.15) is 0 Å². The van der Waals surface area contributed by atoms with Crippen LogP contribution in [0.25, 0.3) is 0 Å². The van der Waals surface area contributed by atoms with Gasteiger partial charge < -0.3 is 9.88 Å². The standard InChI is InChI=1S/C11H18ClN3/c1-8(2)11-14-6-10(12)15(11)7-9-4-3-5-13-9/h6,8-9,13H,3-5,7H2,1-2H3. The topological polar surface area (TPSA) is 29.9 Å². The third kappa shape index (κ3) is 2.34. The van der Waals surface area contributed by atoms with Gasteiger partial charge in [0.25, 0.3) is 0 Å². The quantitative estimate of drug-likeness (QED) is 0.860. The molecular weight excluding hydrogens is 210 g/mol. The minimum Gasteiger partial charge on any atom is -0.317 e. The van der Waals surface area contributed by atoms with Gasteiger partial charge in [-0.1, -0.05) is 25.4 Å². The molecule has 0 aliphatic carbocycles. The van der Waals surface area contributed by atoms with E-state index in [4.69, 9.17) is 11.6 Å². The van der Waals surface area contributed by atoms with Crippen molar-refractivity contribution in [3.8, 4) is 0 Å². The van der Waals surface area contributed by atoms with E-state index in [0.29, 0.717) is 12.0 Å². The molecule has 0 radical (unpaired) electrons. The van der Waals surface area contributed by atoms with Crippen molar-refractivity contribution in [1.82, 2.24) is 14.9 Å². The van der Waals surface area contributed by atoms with Gasteiger partial charge in [0.05, 0.1) is 6.20 Å². The van der Waals surface area contributed by atoms with Crippen molar-refractivity contribution in [3.63, 3.8) is 0 Å². The average molecular weight is 228 g/mol. The zero-order valence-electron chi connectivity index (χ0n) is 9.33. The molecule has 4 heteroatoms. The number of nitrogens with zero attached hydrogens (tertiary/aromatic N) is 2. The fourth-order valence-corrected chi connectivity index (χ4v) is 2.35. The molecule has 0 bridgehead atoms. The summed E-state index contributed by atoms with van der Waals surface area (Å²) >= 11 is 6.14. The molecule has 2 heterocycles. The molecule has 1 aliphatic heterocycles. The molecule has 1 fully saturated rings. The van der Waals surface area contributed by atoms with Crippen LogP contribution in [0.3, 0.4) is 0 Å². The summed E-state index contributed by atoms with van der Waals surface area (Å²) in [6, 6.07) is 0.564. The van der Waals surface area contributed by atoms with E-state index in [2.05, 4.69) is 28.7 Å². The van der Waals surface area contributed by atoms with Gasteiger partial charge in [-0.05, 0) is 19.4 Å². The third-order valence-electron chi connectivity index (χ3n) is 2.92. The first-order valence-corrected chi connectivity index (χ1v) is 6.00. The second-order valence-electron chi connectivity index (χ2n) is 4.50. The number of hydrogen-bond acceptors (Lipinski definition) is 2. The Morgan fingerprint density at radius 2 is 2.47 bits per heavy atom. The van der Waals surface area contributed by atoms with E-state index < -0.39 is 0 Å². The van der Waals surface area contributed by atoms with Crippen molar-refractivity contribution < 1.29 is 0 Å². The van der Waals surface area contributed by atoms with Gasteiger partial charge >= 0.3 is 0 Å². The molecule has 1 N–H and O–H groups in total. The summed E-state index contributed by atoms with van der Waals surface area (Å²) in [5.74, 6) is 1.52. The summed E-state index contributed by atoms with van der Waals surface area (Å²) in [6.07, 6.45) is 4.27. The highest BCUT2D eigenvalue weighted by Gasteiger charge is 2.18. The van der Waals surface area contributed by atoms with Gasteiger partial charge in [0.2, 0.25) is 0 Å². The lowest BCUT2D eigenvalue weighted by molar-refractivity contribution is 0.489. The minimum atomic E-state index is 0.430. The van der Waals surface area contributed by atoms with Gasteiger partial charge in [-0.15, -0.1) is 0 Å². The second kappa shape index (κ2) is 4.54. The van der Waals surface area contributed by atoms with Crippen LogP contribution in [0.4, 0.5) is 0 Å². The predicted octanol–water partition coefficient (Wildman–Crippen LogP) is 2.41. The lowest BCUT2D eigenvalue weighted by Crippen LogP contribution is -2.27. The molecule has 15 heavy (non-hydrogen) atoms. The molecule has 84 valence electrons. The van der Waals surface area contributed by atoms with Crippen LogP contribution >= 0.6 is 11.6 Å². The monoisotopic (exact) mass is 227 g/mol. The lowest BCUT2D eigenvalue weighted by Gasteiger charge is -2.16. The van der Waals surface area contributed by atoms with E-state index in [0.717, 1.165) is 24.1 Å². The summed E-state index contributed by atoms with van der Waals surface area (Å²) in [5.41, 5.74) is 0. The summed E-state index contributed by atoms with van der Waals surface area (Å²) in [7, 11) is 0. The predicted molar refractivity (Wildman–Crippen MR) is 62.4 cm³/mol. The van der Waals surface area contributed by atoms with Crippen LogP contribution in [-0.2, 0) is 6.54 Å². The van der Waals surface area contributed by atoms with E-state index in [1.165, 1.54) is 12.8 Å². The Morgan fingerprint density at radius 1 is 1.67 bits per heavy atom. The fraction of sp³-hybridized carbons (Fsp3) is 0.727. The Kier molecular flexibility index (Phi) is 3.32. The van der Waals surface area contributed by atoms with Crippen molar-refractivity contribution >= 4 is 11.6 Å². The molecular formula is C11H18ClN3. The average Bonchev–Trinajstić information content (AvgIpc) is 2.78. The van der Waals surface area contributed by atoms with Crippen molar-refractivity contribution in [3.05, 3.63) is 17.2 Å². The Bertz CT molecular complexity index is 327. The minimum absolute atomic E-state index is 0.430. The van der Waals surface area contributed by atoms with Crippen LogP contribution in [0.2, 0.25) is 5.15 Å². The van der Waals surface area contributed by atoms with Gasteiger partial charge in [0.1, 0.15) is 11.0 Å². The maximum Gasteiger partial charge on any atom is 0.128 e. The SMILES string of the molecule is CC(C)c1ncc(Cl)n1CC1CCCN1. The largest absolute Gasteiger partial charge is 0.317 e. The molecule has 1 saturated heterocycles. The van der Waals surface area contributed by atoms with E-state index >= 15 is 0 Å². The first-order chi connectivity index (χ1) is 7.18. The molecule has 1 aromatic heterocycles. The number of rotatable bonds is 3. The zero-order chi connectivity index (χ0) is 10.8. The van der Waals surface area contributed by atoms with E-state index in [1.54, 1.807) is 6.20 Å². The summed E-state index contributed by atoms with van der Waals surface area (Å²) in [4.78, 5) is 4.36. The van der Waals surface area contributed by atoms with Gasteiger partial charge in [0.15, 0.2) is 0 Å². The molecule has 0 spiro atoms. The number of halogens is 1. The highest BCUT2D eigenvalue weighted by molar-refractivity contribution is 6.29. The molecule has 2 rings (SSSR count). The van der Waals surface area contributed by atoms with Crippen molar-refractivity contribution in [2.24, 2.45) is 0 Å². The second-order valence-corrected chi connectivity index (χ2v) is 4.88. The molecule has 3 nitrogen and oxygen atoms in total. The Morgan fingerprint density at radius 3 is 3.07 bits per heavy atom. The molecule has 1 aliphatic rings. The highest BCUT2D eigenvalue weighted by Crippen LogP contribution is 2.20. The Balaban J connectivity index is 2.14. The first-order valence-electron chi connectivity index (χ1n) is 5.63. The van der Waals surface area contributed by atoms with Crippen LogP contribution in [0.15, 0.2) is 6.20 Å². The molecule has 1 atom stereocenters. The van der Waals surface area contributed by atoms with Crippen molar-refractivity contribution in [1.29, 1.82) is 0 Å². The molecule has 1 unspecified atom stereocenters. The van der Waals surface area contributed by atoms with Crippen LogP contribution in [0.1, 0.15) is 38.4 Å². The van der Waals surface area contributed by atoms with Crippen LogP contribution in [0, 0.1) is 0 Å². The number of aromatic nitrogens is 2. The maximum absolute atomic E-state index is 6.14. The highest BCUT2D eigenvalue weighted by atomic mass is 35.5. The van der Waals surface area contributed by atoms with Crippen LogP contribution in [-0.4, -0.2) is 22.1 Å². The van der Waals surface area contributed by atoms with Crippen molar-refractivity contribution in [2.75, 3.05) is 6.54 Å². The summed E-state index contributed by atoms with van der Waals surface area (Å²) in [6.45, 7) is 6.38. The fourth-order valence-electron chi connectivity index (χ4n) is 2.14. The molecule has 0 amide bonds. The number of nitrogens with one attached hydrogen (secondary N) is 1. The van der Waals surface area contributed by atoms with E-state index in [1.807, 2.05) is 0 Å². The zero-order valence-corrected chi connectivity index (χ0v) is 10.1. The lowest BCUT2D eigenvalue weighted by atomic mass is 10.2. The van der Waals surface area contributed by atoms with Gasteiger partial charge in [0, 0.05) is 18.5 Å². The first kappa shape index (κ1) is 11.0. The third-order valence-corrected chi connectivity index (χ3v) is 3.22. The Labute approximate surface area is 95.8 Å². The number of hydrogen-bond donors (Lipinski definition) is 1. The Hall–Kier alpha value is -0.540. The normalized spacial score (nSPS) is 21.5. The molecule has 0 saturated carbocycles. The molecule has 1 aromatic rings. The molecule has 0 aromatic carbocycles. The van der Waals surface area contributed by atoms with E-state index in [9.17, 15) is 0 Å². The van der Waals surface area contributed by atoms with Crippen molar-refractivity contribution in [2.45, 2.75) is 45.2 Å². The van der Waals surface area contributed by atoms with Crippen LogP contribution < -0.4 is 5.32 Å². The summed E-state index contributed by atoms with van der Waals surface area (Å²) in [5, 5.41) is 4.24. The number of imidazole rings is 1. The van der Waals surface area contributed by atoms with Crippen LogP contribution in [0.5, 0.6) is 0 Å². The maximum atomic E-state index is 6.14. The van der Waals surface area contributed by atoms with E-state index in [-0.39, 0.29) is 0 Å². The smallest absolute Gasteiger partial charge is 0.128 e. The van der Waals surface area contributed by atoms with Gasteiger partial charge in [-0.25, -0.2) is 4.98 Å². The van der Waals surface area contributed by atoms with Gasteiger partial charge in [-0.3, -0.25) is 0 Å².